The molecule has 0 bridgehead atoms. The van der Waals surface area contributed by atoms with E-state index in [-0.39, 0.29) is 24.0 Å². The number of hydrogen-bond donors (Lipinski definition) is 2. The van der Waals surface area contributed by atoms with E-state index in [9.17, 15) is 9.90 Å². The van der Waals surface area contributed by atoms with Gasteiger partial charge in [-0.1, -0.05) is 48.7 Å². The van der Waals surface area contributed by atoms with E-state index < -0.39 is 5.91 Å². The largest absolute Gasteiger partial charge is 0.508 e. The number of aromatic hydroxyl groups is 1. The lowest BCUT2D eigenvalue weighted by Crippen LogP contribution is -2.11. The van der Waals surface area contributed by atoms with Crippen molar-refractivity contribution in [3.63, 3.8) is 0 Å². The Morgan fingerprint density at radius 3 is 2.32 bits per heavy atom. The summed E-state index contributed by atoms with van der Waals surface area (Å²) in [4.78, 5) is 12.8. The maximum Gasteiger partial charge on any atom is 0.291 e. The van der Waals surface area contributed by atoms with Crippen LogP contribution in [-0.4, -0.2) is 11.0 Å². The quantitative estimate of drug-likeness (QED) is 0.205. The third-order valence-corrected chi connectivity index (χ3v) is 6.81. The molecule has 2 N–H and O–H groups in total. The Morgan fingerprint density at radius 1 is 0.947 bits per heavy atom. The van der Waals surface area contributed by atoms with Crippen LogP contribution in [0.4, 0.5) is 5.69 Å². The molecule has 4 rings (SSSR count). The maximum absolute atomic E-state index is 12.8. The summed E-state index contributed by atoms with van der Waals surface area (Å²) in [6.07, 6.45) is 0. The van der Waals surface area contributed by atoms with E-state index in [4.69, 9.17) is 48.7 Å². The number of benzene rings is 3. The number of anilines is 1. The number of phenolic OH excluding ortho intramolecular Hbond substituents is 1. The molecular weight excluding hydrogens is 549 g/mol. The van der Waals surface area contributed by atoms with E-state index in [1.807, 2.05) is 45.9 Å². The molecule has 3 aromatic carbocycles. The second-order valence-corrected chi connectivity index (χ2v) is 10.3. The van der Waals surface area contributed by atoms with E-state index in [0.717, 1.165) is 16.7 Å². The van der Waals surface area contributed by atoms with Crippen molar-refractivity contribution >= 4 is 46.4 Å². The van der Waals surface area contributed by atoms with E-state index in [1.54, 1.807) is 24.3 Å². The monoisotopic (exact) mass is 573 g/mol. The minimum absolute atomic E-state index is 0.0466. The van der Waals surface area contributed by atoms with Gasteiger partial charge < -0.3 is 24.3 Å². The average Bonchev–Trinajstić information content (AvgIpc) is 3.33. The van der Waals surface area contributed by atoms with Crippen LogP contribution in [0.3, 0.4) is 0 Å². The molecule has 0 unspecified atom stereocenters. The summed E-state index contributed by atoms with van der Waals surface area (Å²) in [5.74, 6) is 2.21. The van der Waals surface area contributed by atoms with Crippen molar-refractivity contribution in [2.24, 2.45) is 0 Å². The third kappa shape index (κ3) is 6.38. The summed E-state index contributed by atoms with van der Waals surface area (Å²) in [5, 5.41) is 13.9. The molecule has 0 saturated carbocycles. The van der Waals surface area contributed by atoms with Crippen molar-refractivity contribution in [2.45, 2.75) is 40.2 Å². The van der Waals surface area contributed by atoms with Gasteiger partial charge in [0, 0.05) is 17.3 Å². The molecular formula is C29H26Cl3NO5. The number of amides is 1. The Morgan fingerprint density at radius 2 is 1.63 bits per heavy atom. The normalized spacial score (nSPS) is 11.1. The molecule has 0 aliphatic carbocycles. The minimum Gasteiger partial charge on any atom is -0.508 e. The molecule has 0 atom stereocenters. The van der Waals surface area contributed by atoms with Crippen molar-refractivity contribution in [2.75, 3.05) is 5.32 Å². The molecule has 0 radical (unpaired) electrons. The fourth-order valence-electron chi connectivity index (χ4n) is 3.89. The molecule has 0 fully saturated rings. The Kier molecular flexibility index (Phi) is 8.46. The summed E-state index contributed by atoms with van der Waals surface area (Å²) >= 11 is 18.1. The number of ether oxygens (including phenoxy) is 2. The number of furan rings is 1. The Hall–Kier alpha value is -3.32. The highest BCUT2D eigenvalue weighted by Crippen LogP contribution is 2.36. The zero-order chi connectivity index (χ0) is 27.6. The summed E-state index contributed by atoms with van der Waals surface area (Å²) < 4.78 is 17.5. The van der Waals surface area contributed by atoms with Gasteiger partial charge in [0.1, 0.15) is 35.4 Å². The second kappa shape index (κ2) is 11.6. The molecule has 0 saturated heterocycles. The first-order valence-corrected chi connectivity index (χ1v) is 12.9. The van der Waals surface area contributed by atoms with Gasteiger partial charge in [0.05, 0.1) is 15.1 Å². The first kappa shape index (κ1) is 27.7. The van der Waals surface area contributed by atoms with Crippen LogP contribution in [0.1, 0.15) is 52.8 Å². The second-order valence-electron chi connectivity index (χ2n) is 9.12. The number of rotatable bonds is 8. The highest BCUT2D eigenvalue weighted by molar-refractivity contribution is 6.43. The number of aryl methyl sites for hydroxylation is 2. The number of hydrogen-bond acceptors (Lipinski definition) is 5. The molecule has 1 heterocycles. The molecule has 0 aliphatic rings. The van der Waals surface area contributed by atoms with E-state index in [0.29, 0.717) is 43.8 Å². The van der Waals surface area contributed by atoms with Crippen molar-refractivity contribution in [3.05, 3.63) is 97.9 Å². The van der Waals surface area contributed by atoms with Gasteiger partial charge in [0.15, 0.2) is 5.76 Å². The first-order chi connectivity index (χ1) is 18.0. The highest BCUT2D eigenvalue weighted by Gasteiger charge is 2.16. The van der Waals surface area contributed by atoms with Crippen molar-refractivity contribution < 1.29 is 23.8 Å². The smallest absolute Gasteiger partial charge is 0.291 e. The lowest BCUT2D eigenvalue weighted by atomic mass is 10.0. The number of carbonyl (C=O) groups excluding carboxylic acids is 1. The predicted molar refractivity (Wildman–Crippen MR) is 151 cm³/mol. The van der Waals surface area contributed by atoms with Crippen molar-refractivity contribution in [1.82, 2.24) is 0 Å². The van der Waals surface area contributed by atoms with Gasteiger partial charge >= 0.3 is 0 Å². The van der Waals surface area contributed by atoms with Crippen LogP contribution in [0.25, 0.3) is 0 Å². The number of phenols is 1. The van der Waals surface area contributed by atoms with E-state index >= 15 is 0 Å². The van der Waals surface area contributed by atoms with E-state index in [1.165, 1.54) is 12.1 Å². The van der Waals surface area contributed by atoms with Crippen LogP contribution in [0, 0.1) is 13.8 Å². The van der Waals surface area contributed by atoms with Gasteiger partial charge in [-0.3, -0.25) is 4.79 Å². The number of nitrogens with one attached hydrogen (secondary N) is 1. The van der Waals surface area contributed by atoms with Crippen molar-refractivity contribution in [1.29, 1.82) is 0 Å². The maximum atomic E-state index is 12.8. The summed E-state index contributed by atoms with van der Waals surface area (Å²) in [6.45, 7) is 7.86. The minimum atomic E-state index is -0.406. The lowest BCUT2D eigenvalue weighted by Gasteiger charge is -2.16. The van der Waals surface area contributed by atoms with Gasteiger partial charge in [-0.15, -0.1) is 0 Å². The van der Waals surface area contributed by atoms with Gasteiger partial charge in [0.25, 0.3) is 5.91 Å². The lowest BCUT2D eigenvalue weighted by molar-refractivity contribution is 0.0992. The number of halogens is 3. The molecule has 198 valence electrons. The molecule has 4 aromatic rings. The summed E-state index contributed by atoms with van der Waals surface area (Å²) in [6, 6.07) is 15.1. The predicted octanol–water partition coefficient (Wildman–Crippen LogP) is 9.31. The van der Waals surface area contributed by atoms with Gasteiger partial charge in [-0.2, -0.15) is 0 Å². The van der Waals surface area contributed by atoms with Gasteiger partial charge in [0.2, 0.25) is 0 Å². The summed E-state index contributed by atoms with van der Waals surface area (Å²) in [7, 11) is 0. The SMILES string of the molecule is Cc1cc(NC(=O)c2ccc(COc3cc(Cl)c(Cl)cc3Cl)o2)cc(C)c1Oc1ccc(O)c(C(C)C)c1. The van der Waals surface area contributed by atoms with Crippen molar-refractivity contribution in [3.8, 4) is 23.0 Å². The molecule has 1 amide bonds. The van der Waals surface area contributed by atoms with Crippen LogP contribution in [0.5, 0.6) is 23.0 Å². The van der Waals surface area contributed by atoms with E-state index in [2.05, 4.69) is 5.32 Å². The highest BCUT2D eigenvalue weighted by atomic mass is 35.5. The first-order valence-electron chi connectivity index (χ1n) is 11.8. The molecule has 0 aliphatic heterocycles. The van der Waals surface area contributed by atoms with Crippen LogP contribution in [0.2, 0.25) is 15.1 Å². The molecule has 0 spiro atoms. The van der Waals surface area contributed by atoms with Crippen LogP contribution in [0.15, 0.2) is 59.0 Å². The Labute approximate surface area is 236 Å². The fraction of sp³-hybridized carbons (Fsp3) is 0.207. The fourth-order valence-corrected chi connectivity index (χ4v) is 4.49. The topological polar surface area (TPSA) is 80.9 Å². The van der Waals surface area contributed by atoms with Crippen LogP contribution < -0.4 is 14.8 Å². The average molecular weight is 575 g/mol. The summed E-state index contributed by atoms with van der Waals surface area (Å²) in [5.41, 5.74) is 3.09. The molecule has 9 heteroatoms. The Bertz CT molecular complexity index is 1470. The third-order valence-electron chi connectivity index (χ3n) is 5.79. The molecule has 1 aromatic heterocycles. The Balaban J connectivity index is 1.42. The molecule has 38 heavy (non-hydrogen) atoms. The van der Waals surface area contributed by atoms with Gasteiger partial charge in [-0.25, -0.2) is 0 Å². The standard InChI is InChI=1S/C29H26Cl3NO5/c1-15(2)21-11-19(5-7-25(21)34)38-28-16(3)9-18(10-17(28)4)33-29(35)26-8-6-20(37-26)14-36-27-13-23(31)22(30)12-24(27)32/h5-13,15,34H,14H2,1-4H3,(H,33,35). The van der Waals surface area contributed by atoms with Crippen LogP contribution in [-0.2, 0) is 6.61 Å². The number of carbonyl (C=O) groups is 1. The van der Waals surface area contributed by atoms with Gasteiger partial charge in [-0.05, 0) is 79.4 Å². The van der Waals surface area contributed by atoms with Crippen LogP contribution >= 0.6 is 34.8 Å². The zero-order valence-corrected chi connectivity index (χ0v) is 23.5. The molecule has 6 nitrogen and oxygen atoms in total. The zero-order valence-electron chi connectivity index (χ0n) is 21.2.